The monoisotopic (exact) mass is 443 g/mol. The summed E-state index contributed by atoms with van der Waals surface area (Å²) in [5, 5.41) is 0. The fraction of sp³-hybridized carbons (Fsp3) is 0.462. The van der Waals surface area contributed by atoms with Crippen molar-refractivity contribution in [3.63, 3.8) is 0 Å². The number of rotatable bonds is 13. The molecule has 0 unspecified atom stereocenters. The standard InChI is InChI=1S/C26H31F2NO3/c1-2-3-4-5-6-7-8-11-19-14-20(16-21(15-19)32-18-24(27)28)17-29-25(30)22-12-9-10-13-23(22)26(29)31/h9-10,12-16,24H,2-8,11,17-18H2,1H3. The highest BCUT2D eigenvalue weighted by Crippen LogP contribution is 2.27. The number of imide groups is 1. The lowest BCUT2D eigenvalue weighted by Crippen LogP contribution is -2.29. The van der Waals surface area contributed by atoms with Crippen LogP contribution in [0.15, 0.2) is 42.5 Å². The minimum atomic E-state index is -2.57. The highest BCUT2D eigenvalue weighted by atomic mass is 19.3. The molecule has 0 bridgehead atoms. The van der Waals surface area contributed by atoms with E-state index in [1.807, 2.05) is 6.07 Å². The maximum Gasteiger partial charge on any atom is 0.272 e. The molecule has 0 atom stereocenters. The van der Waals surface area contributed by atoms with E-state index in [1.165, 1.54) is 37.0 Å². The topological polar surface area (TPSA) is 46.6 Å². The molecule has 1 heterocycles. The molecule has 2 amide bonds. The van der Waals surface area contributed by atoms with Gasteiger partial charge in [-0.25, -0.2) is 8.78 Å². The maximum atomic E-state index is 12.7. The van der Waals surface area contributed by atoms with Gasteiger partial charge in [0.05, 0.1) is 17.7 Å². The third-order valence-corrected chi connectivity index (χ3v) is 5.69. The maximum absolute atomic E-state index is 12.7. The number of halogens is 2. The van der Waals surface area contributed by atoms with Crippen molar-refractivity contribution in [3.8, 4) is 5.75 Å². The number of carbonyl (C=O) groups is 2. The third-order valence-electron chi connectivity index (χ3n) is 5.69. The summed E-state index contributed by atoms with van der Waals surface area (Å²) in [4.78, 5) is 26.6. The summed E-state index contributed by atoms with van der Waals surface area (Å²) in [6.07, 6.45) is 6.51. The molecule has 0 aromatic heterocycles. The lowest BCUT2D eigenvalue weighted by molar-refractivity contribution is 0.0642. The molecule has 3 rings (SSSR count). The minimum Gasteiger partial charge on any atom is -0.488 e. The summed E-state index contributed by atoms with van der Waals surface area (Å²) in [7, 11) is 0. The van der Waals surface area contributed by atoms with Crippen LogP contribution in [0.2, 0.25) is 0 Å². The molecule has 1 aliphatic heterocycles. The molecular weight excluding hydrogens is 412 g/mol. The van der Waals surface area contributed by atoms with Crippen molar-refractivity contribution >= 4 is 11.8 Å². The van der Waals surface area contributed by atoms with Crippen molar-refractivity contribution in [2.45, 2.75) is 71.3 Å². The SMILES string of the molecule is CCCCCCCCCc1cc(CN2C(=O)c3ccccc3C2=O)cc(OCC(F)F)c1. The highest BCUT2D eigenvalue weighted by Gasteiger charge is 2.35. The number of unbranched alkanes of at least 4 members (excludes halogenated alkanes) is 6. The van der Waals surface area contributed by atoms with E-state index in [9.17, 15) is 18.4 Å². The largest absolute Gasteiger partial charge is 0.488 e. The van der Waals surface area contributed by atoms with Crippen LogP contribution in [-0.2, 0) is 13.0 Å². The van der Waals surface area contributed by atoms with Gasteiger partial charge >= 0.3 is 0 Å². The fourth-order valence-corrected chi connectivity index (χ4v) is 4.06. The Balaban J connectivity index is 1.67. The van der Waals surface area contributed by atoms with E-state index in [0.29, 0.717) is 22.4 Å². The van der Waals surface area contributed by atoms with Crippen LogP contribution >= 0.6 is 0 Å². The zero-order chi connectivity index (χ0) is 22.9. The first-order valence-electron chi connectivity index (χ1n) is 11.5. The molecule has 0 saturated carbocycles. The first-order valence-corrected chi connectivity index (χ1v) is 11.5. The molecule has 0 aliphatic carbocycles. The molecule has 2 aromatic rings. The Morgan fingerprint density at radius 3 is 2.06 bits per heavy atom. The van der Waals surface area contributed by atoms with Crippen LogP contribution in [0.4, 0.5) is 8.78 Å². The zero-order valence-corrected chi connectivity index (χ0v) is 18.6. The van der Waals surface area contributed by atoms with E-state index in [2.05, 4.69) is 6.92 Å². The summed E-state index contributed by atoms with van der Waals surface area (Å²) < 4.78 is 30.6. The second-order valence-corrected chi connectivity index (χ2v) is 8.30. The Morgan fingerprint density at radius 1 is 0.844 bits per heavy atom. The normalized spacial score (nSPS) is 13.2. The van der Waals surface area contributed by atoms with E-state index < -0.39 is 13.0 Å². The van der Waals surface area contributed by atoms with Gasteiger partial charge in [-0.3, -0.25) is 14.5 Å². The van der Waals surface area contributed by atoms with Crippen LogP contribution in [0.25, 0.3) is 0 Å². The number of carbonyl (C=O) groups excluding carboxylic acids is 2. The molecule has 0 N–H and O–H groups in total. The Hall–Kier alpha value is -2.76. The smallest absolute Gasteiger partial charge is 0.272 e. The van der Waals surface area contributed by atoms with Crippen LogP contribution in [-0.4, -0.2) is 29.7 Å². The third kappa shape index (κ3) is 6.38. The number of benzene rings is 2. The zero-order valence-electron chi connectivity index (χ0n) is 18.6. The van der Waals surface area contributed by atoms with E-state index >= 15 is 0 Å². The lowest BCUT2D eigenvalue weighted by Gasteiger charge is -2.16. The van der Waals surface area contributed by atoms with Crippen molar-refractivity contribution in [1.82, 2.24) is 4.90 Å². The van der Waals surface area contributed by atoms with Gasteiger partial charge in [0.1, 0.15) is 12.4 Å². The molecule has 2 aromatic carbocycles. The van der Waals surface area contributed by atoms with Crippen LogP contribution in [0.5, 0.6) is 5.75 Å². The molecule has 0 radical (unpaired) electrons. The summed E-state index contributed by atoms with van der Waals surface area (Å²) in [6, 6.07) is 12.1. The van der Waals surface area contributed by atoms with Crippen LogP contribution in [0, 0.1) is 0 Å². The van der Waals surface area contributed by atoms with Gasteiger partial charge in [0, 0.05) is 0 Å². The molecule has 172 valence electrons. The van der Waals surface area contributed by atoms with Gasteiger partial charge in [-0.1, -0.05) is 63.6 Å². The fourth-order valence-electron chi connectivity index (χ4n) is 4.06. The number of fused-ring (bicyclic) bond motifs is 1. The number of ether oxygens (including phenoxy) is 1. The summed E-state index contributed by atoms with van der Waals surface area (Å²) >= 11 is 0. The van der Waals surface area contributed by atoms with Crippen LogP contribution in [0.1, 0.15) is 83.7 Å². The van der Waals surface area contributed by atoms with Gasteiger partial charge < -0.3 is 4.74 Å². The second kappa shape index (κ2) is 11.7. The van der Waals surface area contributed by atoms with Crippen molar-refractivity contribution in [3.05, 3.63) is 64.7 Å². The number of alkyl halides is 2. The summed E-state index contributed by atoms with van der Waals surface area (Å²) in [5.41, 5.74) is 2.46. The minimum absolute atomic E-state index is 0.0856. The van der Waals surface area contributed by atoms with Gasteiger partial charge in [-0.15, -0.1) is 0 Å². The number of amides is 2. The number of aryl methyl sites for hydroxylation is 1. The number of hydrogen-bond donors (Lipinski definition) is 0. The first-order chi connectivity index (χ1) is 15.5. The predicted octanol–water partition coefficient (Wildman–Crippen LogP) is 6.42. The van der Waals surface area contributed by atoms with E-state index in [1.54, 1.807) is 36.4 Å². The molecule has 0 spiro atoms. The summed E-state index contributed by atoms with van der Waals surface area (Å²) in [5.74, 6) is -0.325. The van der Waals surface area contributed by atoms with Crippen molar-refractivity contribution in [2.24, 2.45) is 0 Å². The van der Waals surface area contributed by atoms with E-state index in [-0.39, 0.29) is 18.4 Å². The molecular formula is C26H31F2NO3. The average Bonchev–Trinajstić information content (AvgIpc) is 3.02. The Labute approximate surface area is 188 Å². The molecule has 4 nitrogen and oxygen atoms in total. The first kappa shape index (κ1) is 23.9. The predicted molar refractivity (Wildman–Crippen MR) is 120 cm³/mol. The highest BCUT2D eigenvalue weighted by molar-refractivity contribution is 6.21. The number of nitrogens with zero attached hydrogens (tertiary/aromatic N) is 1. The van der Waals surface area contributed by atoms with Crippen molar-refractivity contribution in [2.75, 3.05) is 6.61 Å². The van der Waals surface area contributed by atoms with Crippen LogP contribution in [0.3, 0.4) is 0 Å². The van der Waals surface area contributed by atoms with E-state index in [0.717, 1.165) is 24.8 Å². The lowest BCUT2D eigenvalue weighted by atomic mass is 10.0. The Kier molecular flexibility index (Phi) is 8.77. The molecule has 32 heavy (non-hydrogen) atoms. The second-order valence-electron chi connectivity index (χ2n) is 8.30. The average molecular weight is 444 g/mol. The van der Waals surface area contributed by atoms with Gasteiger partial charge in [0.25, 0.3) is 18.2 Å². The molecule has 0 saturated heterocycles. The molecule has 1 aliphatic rings. The summed E-state index contributed by atoms with van der Waals surface area (Å²) in [6.45, 7) is 1.60. The van der Waals surface area contributed by atoms with Gasteiger partial charge in [0.15, 0.2) is 0 Å². The van der Waals surface area contributed by atoms with Gasteiger partial charge in [-0.2, -0.15) is 0 Å². The Bertz CT molecular complexity index is 894. The number of hydrogen-bond acceptors (Lipinski definition) is 3. The Morgan fingerprint density at radius 2 is 1.44 bits per heavy atom. The molecule has 0 fully saturated rings. The van der Waals surface area contributed by atoms with Gasteiger partial charge in [-0.05, 0) is 48.2 Å². The quantitative estimate of drug-likeness (QED) is 0.265. The van der Waals surface area contributed by atoms with Crippen molar-refractivity contribution < 1.29 is 23.1 Å². The van der Waals surface area contributed by atoms with Gasteiger partial charge in [0.2, 0.25) is 0 Å². The molecule has 6 heteroatoms. The van der Waals surface area contributed by atoms with Crippen LogP contribution < -0.4 is 4.74 Å². The van der Waals surface area contributed by atoms with E-state index in [4.69, 9.17) is 4.74 Å². The van der Waals surface area contributed by atoms with Crippen molar-refractivity contribution in [1.29, 1.82) is 0 Å².